The van der Waals surface area contributed by atoms with E-state index in [2.05, 4.69) is 12.1 Å². The lowest BCUT2D eigenvalue weighted by molar-refractivity contribution is 0.115. The Hall–Kier alpha value is -1.43. The molecule has 0 unspecified atom stereocenters. The maximum absolute atomic E-state index is 9.46. The van der Waals surface area contributed by atoms with Gasteiger partial charge in [0.25, 0.3) is 0 Å². The van der Waals surface area contributed by atoms with Crippen molar-refractivity contribution >= 4 is 5.71 Å². The zero-order valence-corrected chi connectivity index (χ0v) is 14.5. The number of aliphatic hydroxyl groups is 2. The van der Waals surface area contributed by atoms with Gasteiger partial charge in [-0.1, -0.05) is 49.2 Å². The molecule has 1 aromatic rings. The van der Waals surface area contributed by atoms with E-state index in [0.29, 0.717) is 18.8 Å². The van der Waals surface area contributed by atoms with Gasteiger partial charge in [-0.2, -0.15) is 0 Å². The van der Waals surface area contributed by atoms with Crippen LogP contribution in [0.5, 0.6) is 0 Å². The number of benzene rings is 1. The van der Waals surface area contributed by atoms with Gasteiger partial charge in [0.05, 0.1) is 24.5 Å². The molecule has 1 aliphatic rings. The molecule has 0 aromatic heterocycles. The third-order valence-corrected chi connectivity index (χ3v) is 5.30. The van der Waals surface area contributed by atoms with Crippen LogP contribution in [-0.4, -0.2) is 39.9 Å². The number of aliphatic hydroxyl groups excluding tert-OH is 2. The van der Waals surface area contributed by atoms with Crippen LogP contribution in [0.4, 0.5) is 0 Å². The lowest BCUT2D eigenvalue weighted by Crippen LogP contribution is -2.47. The molecule has 5 N–H and O–H groups in total. The topological polar surface area (TPSA) is 99.1 Å². The fourth-order valence-electron chi connectivity index (χ4n) is 3.35. The molecular formula is C19H30N2O3. The van der Waals surface area contributed by atoms with E-state index in [4.69, 9.17) is 5.73 Å². The van der Waals surface area contributed by atoms with E-state index in [1.165, 1.54) is 12.8 Å². The third-order valence-electron chi connectivity index (χ3n) is 5.30. The van der Waals surface area contributed by atoms with Gasteiger partial charge in [0.2, 0.25) is 0 Å². The molecule has 1 aromatic carbocycles. The molecule has 2 rings (SSSR count). The van der Waals surface area contributed by atoms with Crippen molar-refractivity contribution in [3.63, 3.8) is 0 Å². The van der Waals surface area contributed by atoms with Gasteiger partial charge in [-0.25, -0.2) is 0 Å². The molecule has 5 heteroatoms. The highest BCUT2D eigenvalue weighted by atomic mass is 16.4. The first-order valence-electron chi connectivity index (χ1n) is 8.83. The first-order valence-corrected chi connectivity index (χ1v) is 8.83. The molecule has 134 valence electrons. The largest absolute Gasteiger partial charge is 0.411 e. The van der Waals surface area contributed by atoms with E-state index in [0.717, 1.165) is 35.6 Å². The second-order valence-corrected chi connectivity index (χ2v) is 7.32. The molecule has 0 radical (unpaired) electrons. The van der Waals surface area contributed by atoms with E-state index in [1.54, 1.807) is 0 Å². The predicted octanol–water partition coefficient (Wildman–Crippen LogP) is 2.31. The highest BCUT2D eigenvalue weighted by Crippen LogP contribution is 2.31. The first-order chi connectivity index (χ1) is 11.5. The summed E-state index contributed by atoms with van der Waals surface area (Å²) < 4.78 is 0. The normalized spacial score (nSPS) is 22.6. The van der Waals surface area contributed by atoms with Crippen LogP contribution in [0.1, 0.15) is 50.2 Å². The van der Waals surface area contributed by atoms with Crippen molar-refractivity contribution < 1.29 is 15.4 Å². The minimum atomic E-state index is -0.935. The second-order valence-electron chi connectivity index (χ2n) is 7.32. The summed E-state index contributed by atoms with van der Waals surface area (Å²) in [6.07, 6.45) is 5.71. The van der Waals surface area contributed by atoms with Crippen LogP contribution in [-0.2, 0) is 6.42 Å². The average molecular weight is 334 g/mol. The molecule has 1 fully saturated rings. The van der Waals surface area contributed by atoms with Gasteiger partial charge in [0.1, 0.15) is 0 Å². The maximum Gasteiger partial charge on any atom is 0.0898 e. The van der Waals surface area contributed by atoms with Gasteiger partial charge in [-0.3, -0.25) is 0 Å². The summed E-state index contributed by atoms with van der Waals surface area (Å²) in [5.74, 6) is 1.09. The van der Waals surface area contributed by atoms with Crippen LogP contribution >= 0.6 is 0 Å². The van der Waals surface area contributed by atoms with E-state index >= 15 is 0 Å². The molecule has 1 aliphatic carbocycles. The van der Waals surface area contributed by atoms with Crippen LogP contribution in [0, 0.1) is 11.8 Å². The second kappa shape index (κ2) is 8.60. The zero-order chi connectivity index (χ0) is 17.6. The van der Waals surface area contributed by atoms with Crippen LogP contribution in [0.3, 0.4) is 0 Å². The Morgan fingerprint density at radius 2 is 1.71 bits per heavy atom. The maximum atomic E-state index is 9.46. The Morgan fingerprint density at radius 1 is 1.12 bits per heavy atom. The summed E-state index contributed by atoms with van der Waals surface area (Å²) in [6.45, 7) is 1.81. The third kappa shape index (κ3) is 4.79. The molecule has 1 saturated carbocycles. The van der Waals surface area contributed by atoms with Crippen LogP contribution in [0.2, 0.25) is 0 Å². The van der Waals surface area contributed by atoms with Crippen LogP contribution < -0.4 is 5.73 Å². The average Bonchev–Trinajstić information content (AvgIpc) is 2.63. The number of hydrogen-bond acceptors (Lipinski definition) is 5. The quantitative estimate of drug-likeness (QED) is 0.349. The minimum Gasteiger partial charge on any atom is -0.411 e. The number of rotatable bonds is 7. The Labute approximate surface area is 144 Å². The van der Waals surface area contributed by atoms with Crippen molar-refractivity contribution in [3.05, 3.63) is 35.4 Å². The summed E-state index contributed by atoms with van der Waals surface area (Å²) >= 11 is 0. The summed E-state index contributed by atoms with van der Waals surface area (Å²) in [5, 5.41) is 31.5. The summed E-state index contributed by atoms with van der Waals surface area (Å²) in [7, 11) is 0. The predicted molar refractivity (Wildman–Crippen MR) is 95.3 cm³/mol. The molecule has 0 amide bonds. The Kier molecular flexibility index (Phi) is 6.78. The SMILES string of the molecule is CC1CCC(/C(=N/O)c2ccc(CCC(N)(CO)CO)cc2)CC1. The van der Waals surface area contributed by atoms with E-state index < -0.39 is 5.54 Å². The molecule has 0 atom stereocenters. The molecule has 0 aliphatic heterocycles. The Bertz CT molecular complexity index is 530. The van der Waals surface area contributed by atoms with Gasteiger partial charge >= 0.3 is 0 Å². The lowest BCUT2D eigenvalue weighted by Gasteiger charge is -2.27. The van der Waals surface area contributed by atoms with E-state index in [-0.39, 0.29) is 13.2 Å². The fourth-order valence-corrected chi connectivity index (χ4v) is 3.35. The molecule has 0 spiro atoms. The smallest absolute Gasteiger partial charge is 0.0898 e. The van der Waals surface area contributed by atoms with E-state index in [1.807, 2.05) is 24.3 Å². The van der Waals surface area contributed by atoms with Gasteiger partial charge in [0, 0.05) is 5.92 Å². The number of nitrogens with zero attached hydrogens (tertiary/aromatic N) is 1. The highest BCUT2D eigenvalue weighted by molar-refractivity contribution is 6.01. The lowest BCUT2D eigenvalue weighted by atomic mass is 9.79. The molecule has 0 bridgehead atoms. The van der Waals surface area contributed by atoms with Gasteiger partial charge < -0.3 is 21.2 Å². The number of oxime groups is 1. The molecular weight excluding hydrogens is 304 g/mol. The summed E-state index contributed by atoms with van der Waals surface area (Å²) in [6, 6.07) is 7.97. The van der Waals surface area contributed by atoms with Crippen molar-refractivity contribution in [2.24, 2.45) is 22.7 Å². The van der Waals surface area contributed by atoms with Crippen molar-refractivity contribution in [2.75, 3.05) is 13.2 Å². The van der Waals surface area contributed by atoms with Gasteiger partial charge in [-0.15, -0.1) is 0 Å². The van der Waals surface area contributed by atoms with Crippen molar-refractivity contribution in [2.45, 2.75) is 51.0 Å². The van der Waals surface area contributed by atoms with Gasteiger partial charge in [0.15, 0.2) is 0 Å². The van der Waals surface area contributed by atoms with Crippen LogP contribution in [0.15, 0.2) is 29.4 Å². The Balaban J connectivity index is 2.00. The Morgan fingerprint density at radius 3 is 2.21 bits per heavy atom. The van der Waals surface area contributed by atoms with E-state index in [9.17, 15) is 15.4 Å². The molecule has 24 heavy (non-hydrogen) atoms. The van der Waals surface area contributed by atoms with Crippen molar-refractivity contribution in [3.8, 4) is 0 Å². The highest BCUT2D eigenvalue weighted by Gasteiger charge is 2.25. The number of aryl methyl sites for hydroxylation is 1. The zero-order valence-electron chi connectivity index (χ0n) is 14.5. The first kappa shape index (κ1) is 18.9. The number of nitrogens with two attached hydrogens (primary N) is 1. The minimum absolute atomic E-state index is 0.233. The molecule has 5 nitrogen and oxygen atoms in total. The monoisotopic (exact) mass is 334 g/mol. The van der Waals surface area contributed by atoms with Crippen molar-refractivity contribution in [1.29, 1.82) is 0 Å². The summed E-state index contributed by atoms with van der Waals surface area (Å²) in [5.41, 5.74) is 7.80. The summed E-state index contributed by atoms with van der Waals surface area (Å²) in [4.78, 5) is 0. The molecule has 0 saturated heterocycles. The van der Waals surface area contributed by atoms with Crippen molar-refractivity contribution in [1.82, 2.24) is 0 Å². The fraction of sp³-hybridized carbons (Fsp3) is 0.632. The van der Waals surface area contributed by atoms with Crippen LogP contribution in [0.25, 0.3) is 0 Å². The molecule has 0 heterocycles. The standard InChI is InChI=1S/C19H30N2O3/c1-14-2-6-16(7-3-14)18(21-24)17-8-4-15(5-9-17)10-11-19(20,12-22)13-23/h4-5,8-9,14,16,22-24H,2-3,6-7,10-13,20H2,1H3/b21-18-. The van der Waals surface area contributed by atoms with Gasteiger partial charge in [-0.05, 0) is 42.7 Å². The number of hydrogen-bond donors (Lipinski definition) is 4.